The van der Waals surface area contributed by atoms with Gasteiger partial charge in [-0.3, -0.25) is 0 Å². The third-order valence-corrected chi connectivity index (χ3v) is 10.3. The van der Waals surface area contributed by atoms with E-state index in [0.29, 0.717) is 16.7 Å². The summed E-state index contributed by atoms with van der Waals surface area (Å²) in [6, 6.07) is 47.0. The molecule has 0 spiro atoms. The van der Waals surface area contributed by atoms with Gasteiger partial charge >= 0.3 is 0 Å². The molecule has 0 saturated heterocycles. The van der Waals surface area contributed by atoms with Gasteiger partial charge < -0.3 is 4.90 Å². The number of benzene rings is 10. The van der Waals surface area contributed by atoms with Crippen molar-refractivity contribution in [2.75, 3.05) is 4.90 Å². The zero-order valence-corrected chi connectivity index (χ0v) is 31.7. The van der Waals surface area contributed by atoms with Gasteiger partial charge in [0.05, 0.1) is 16.4 Å². The van der Waals surface area contributed by atoms with Crippen molar-refractivity contribution in [2.24, 2.45) is 0 Å². The molecular weight excluding hydrogens is 711 g/mol. The summed E-state index contributed by atoms with van der Waals surface area (Å²) >= 11 is 0. The molecule has 1 heteroatoms. The predicted molar refractivity (Wildman–Crippen MR) is 251 cm³/mol. The van der Waals surface area contributed by atoms with E-state index in [1.807, 2.05) is 109 Å². The zero-order valence-electron chi connectivity index (χ0n) is 43.7. The molecule has 0 N–H and O–H groups in total. The maximum absolute atomic E-state index is 9.63. The molecule has 59 heavy (non-hydrogen) atoms. The van der Waals surface area contributed by atoms with E-state index >= 15 is 0 Å². The fourth-order valence-corrected chi connectivity index (χ4v) is 7.16. The lowest BCUT2D eigenvalue weighted by Crippen LogP contribution is -2.09. The predicted octanol–water partition coefficient (Wildman–Crippen LogP) is 16.3. The van der Waals surface area contributed by atoms with Crippen LogP contribution in [0.25, 0.3) is 77.5 Å². The van der Waals surface area contributed by atoms with Crippen LogP contribution in [0.5, 0.6) is 0 Å². The first-order valence-electron chi connectivity index (χ1n) is 25.3. The van der Waals surface area contributed by atoms with Gasteiger partial charge in [0, 0.05) is 17.1 Å². The Labute approximate surface area is 363 Å². The monoisotopic (exact) mass is 763 g/mol. The number of rotatable bonds is 9. The van der Waals surface area contributed by atoms with Gasteiger partial charge in [0.15, 0.2) is 0 Å². The lowest BCUT2D eigenvalue weighted by Gasteiger charge is -2.26. The number of hydrogen-bond acceptors (Lipinski definition) is 1. The van der Waals surface area contributed by atoms with Crippen LogP contribution >= 0.6 is 0 Å². The van der Waals surface area contributed by atoms with Crippen molar-refractivity contribution < 1.29 is 16.4 Å². The lowest BCUT2D eigenvalue weighted by molar-refractivity contribution is 1.28. The van der Waals surface area contributed by atoms with Gasteiger partial charge in [0.25, 0.3) is 0 Å². The van der Waals surface area contributed by atoms with E-state index in [-0.39, 0.29) is 16.7 Å². The summed E-state index contributed by atoms with van der Waals surface area (Å²) in [5, 5.41) is 2.06. The first kappa shape index (κ1) is 24.8. The van der Waals surface area contributed by atoms with Gasteiger partial charge in [-0.2, -0.15) is 0 Å². The van der Waals surface area contributed by atoms with E-state index in [4.69, 9.17) is 0 Å². The second-order valence-corrected chi connectivity index (χ2v) is 14.0. The minimum Gasteiger partial charge on any atom is -0.311 e. The minimum absolute atomic E-state index is 0.0571. The van der Waals surface area contributed by atoms with Crippen molar-refractivity contribution in [2.45, 2.75) is 0 Å². The second kappa shape index (κ2) is 16.0. The highest BCUT2D eigenvalue weighted by Gasteiger charge is 2.14. The Kier molecular flexibility index (Phi) is 6.73. The maximum Gasteiger partial charge on any atom is 0.0645 e. The van der Waals surface area contributed by atoms with E-state index in [1.54, 1.807) is 66.7 Å². The zero-order chi connectivity index (χ0) is 49.8. The molecule has 0 amide bonds. The Morgan fingerprint density at radius 3 is 0.983 bits per heavy atom. The topological polar surface area (TPSA) is 3.24 Å². The van der Waals surface area contributed by atoms with Crippen LogP contribution in [0.4, 0.5) is 17.1 Å². The van der Waals surface area contributed by atoms with Crippen LogP contribution in [-0.2, 0) is 0 Å². The molecule has 0 fully saturated rings. The van der Waals surface area contributed by atoms with E-state index in [0.717, 1.165) is 49.1 Å². The van der Waals surface area contributed by atoms with Gasteiger partial charge in [0.2, 0.25) is 0 Å². The van der Waals surface area contributed by atoms with Crippen molar-refractivity contribution in [3.63, 3.8) is 0 Å². The molecule has 0 aromatic heterocycles. The average molecular weight is 764 g/mol. The smallest absolute Gasteiger partial charge is 0.0645 e. The Morgan fingerprint density at radius 1 is 0.220 bits per heavy atom. The standard InChI is InChI=1S/C58H41N/c1-3-10-42(11-4-1)45-18-22-47(23-19-45)49-28-34-56(35-29-49)59(57-36-30-50(31-37-57)48-24-20-46(21-25-48)43-12-5-2-6-13-43)58-38-32-51(33-39-58)53-16-9-17-54(40-53)55-27-26-44-14-7-8-15-52(44)41-55/h1-41H/i28D,29D,30D,31D,32D,33D,34D,35D,36D,37D,38D,39D. The molecule has 0 radical (unpaired) electrons. The van der Waals surface area contributed by atoms with Gasteiger partial charge in [-0.05, 0) is 126 Å². The molecule has 0 aliphatic rings. The largest absolute Gasteiger partial charge is 0.311 e. The molecule has 0 unspecified atom stereocenters. The van der Waals surface area contributed by atoms with Crippen LogP contribution in [0.2, 0.25) is 0 Å². The SMILES string of the molecule is [2H]c1c([2H])c(N(c2c([2H])c([2H])c(-c3ccc(-c4ccccc4)cc3)c([2H])c2[2H])c2c([2H])c([2H])c(-c3cccc(-c4ccc5ccccc5c4)c3)c([2H])c2[2H])c([2H])c([2H])c1-c1ccc(-c2ccccc2)cc1. The molecular formula is C58H41N. The highest BCUT2D eigenvalue weighted by Crippen LogP contribution is 2.39. The van der Waals surface area contributed by atoms with Crippen molar-refractivity contribution in [1.29, 1.82) is 0 Å². The first-order valence-corrected chi connectivity index (χ1v) is 19.3. The fourth-order valence-electron chi connectivity index (χ4n) is 7.16. The van der Waals surface area contributed by atoms with Crippen LogP contribution in [-0.4, -0.2) is 0 Å². The second-order valence-electron chi connectivity index (χ2n) is 14.0. The Balaban J connectivity index is 1.17. The molecule has 0 saturated carbocycles. The third kappa shape index (κ3) is 7.58. The molecule has 0 bridgehead atoms. The summed E-state index contributed by atoms with van der Waals surface area (Å²) in [6.07, 6.45) is 0. The van der Waals surface area contributed by atoms with E-state index in [1.165, 1.54) is 0 Å². The third-order valence-electron chi connectivity index (χ3n) is 10.3. The van der Waals surface area contributed by atoms with Gasteiger partial charge in [-0.15, -0.1) is 0 Å². The summed E-state index contributed by atoms with van der Waals surface area (Å²) in [7, 11) is 0. The minimum atomic E-state index is -0.674. The first-order chi connectivity index (χ1) is 34.2. The highest BCUT2D eigenvalue weighted by molar-refractivity contribution is 5.88. The van der Waals surface area contributed by atoms with Crippen molar-refractivity contribution in [1.82, 2.24) is 0 Å². The van der Waals surface area contributed by atoms with Crippen molar-refractivity contribution in [3.8, 4) is 66.8 Å². The highest BCUT2D eigenvalue weighted by atomic mass is 15.1. The summed E-state index contributed by atoms with van der Waals surface area (Å²) in [6.45, 7) is 0. The average Bonchev–Trinajstić information content (AvgIpc) is 3.40. The number of anilines is 3. The number of hydrogen-bond donors (Lipinski definition) is 0. The molecule has 10 aromatic rings. The molecule has 278 valence electrons. The summed E-state index contributed by atoms with van der Waals surface area (Å²) in [5.41, 5.74) is 4.37. The Hall–Kier alpha value is -7.74. The number of nitrogens with zero attached hydrogens (tertiary/aromatic N) is 1. The van der Waals surface area contributed by atoms with Gasteiger partial charge in [-0.1, -0.05) is 200 Å². The summed E-state index contributed by atoms with van der Waals surface area (Å²) in [5.74, 6) is 0. The van der Waals surface area contributed by atoms with E-state index in [2.05, 4.69) is 0 Å². The summed E-state index contributed by atoms with van der Waals surface area (Å²) < 4.78 is 114. The molecule has 10 aromatic carbocycles. The van der Waals surface area contributed by atoms with E-state index < -0.39 is 89.6 Å². The maximum atomic E-state index is 9.63. The Morgan fingerprint density at radius 2 is 0.525 bits per heavy atom. The van der Waals surface area contributed by atoms with Crippen LogP contribution < -0.4 is 4.90 Å². The van der Waals surface area contributed by atoms with Gasteiger partial charge in [0.1, 0.15) is 0 Å². The molecule has 0 aliphatic heterocycles. The fraction of sp³-hybridized carbons (Fsp3) is 0. The molecule has 0 atom stereocenters. The quantitative estimate of drug-likeness (QED) is 0.142. The van der Waals surface area contributed by atoms with Crippen LogP contribution in [0, 0.1) is 0 Å². The van der Waals surface area contributed by atoms with Crippen LogP contribution in [0.1, 0.15) is 16.4 Å². The van der Waals surface area contributed by atoms with Crippen molar-refractivity contribution in [3.05, 3.63) is 248 Å². The summed E-state index contributed by atoms with van der Waals surface area (Å²) in [4.78, 5) is 0.849. The van der Waals surface area contributed by atoms with Crippen LogP contribution in [0.3, 0.4) is 0 Å². The Bertz CT molecular complexity index is 3470. The molecule has 1 nitrogen and oxygen atoms in total. The molecule has 10 rings (SSSR count). The molecule has 0 heterocycles. The lowest BCUT2D eigenvalue weighted by atomic mass is 9.97. The van der Waals surface area contributed by atoms with Gasteiger partial charge in [-0.25, -0.2) is 0 Å². The molecule has 0 aliphatic carbocycles. The normalized spacial score (nSPS) is 13.9. The van der Waals surface area contributed by atoms with E-state index in [9.17, 15) is 16.4 Å². The van der Waals surface area contributed by atoms with Crippen molar-refractivity contribution >= 4 is 27.8 Å². The number of fused-ring (bicyclic) bond motifs is 1. The van der Waals surface area contributed by atoms with Crippen LogP contribution in [0.15, 0.2) is 248 Å².